The number of nitrogens with zero attached hydrogens (tertiary/aromatic N) is 1. The van der Waals surface area contributed by atoms with Crippen LogP contribution in [0.25, 0.3) is 0 Å². The van der Waals surface area contributed by atoms with Crippen molar-refractivity contribution in [3.8, 4) is 0 Å². The summed E-state index contributed by atoms with van der Waals surface area (Å²) in [5.74, 6) is 2.37. The molecule has 0 spiro atoms. The van der Waals surface area contributed by atoms with Crippen molar-refractivity contribution in [1.29, 1.82) is 0 Å². The molecule has 1 unspecified atom stereocenters. The third-order valence-corrected chi connectivity index (χ3v) is 4.88. The van der Waals surface area contributed by atoms with Crippen LogP contribution in [0, 0.1) is 0 Å². The molecule has 0 bridgehead atoms. The lowest BCUT2D eigenvalue weighted by atomic mass is 10.1. The van der Waals surface area contributed by atoms with Crippen LogP contribution in [0.1, 0.15) is 24.8 Å². The fourth-order valence-electron chi connectivity index (χ4n) is 2.60. The molecule has 1 N–H and O–H groups in total. The number of hydrogen-bond acceptors (Lipinski definition) is 3. The van der Waals surface area contributed by atoms with Crippen LogP contribution in [-0.4, -0.2) is 43.4 Å². The van der Waals surface area contributed by atoms with Gasteiger partial charge in [0.05, 0.1) is 0 Å². The van der Waals surface area contributed by atoms with E-state index >= 15 is 0 Å². The second kappa shape index (κ2) is 10.5. The zero-order valence-electron chi connectivity index (χ0n) is 12.4. The largest absolute Gasteiger partial charge is 0.317 e. The first-order valence-electron chi connectivity index (χ1n) is 7.39. The smallest absolute Gasteiger partial charge is 0.0185 e. The van der Waals surface area contributed by atoms with E-state index in [4.69, 9.17) is 0 Å². The number of benzene rings is 1. The van der Waals surface area contributed by atoms with Crippen molar-refractivity contribution >= 4 is 24.2 Å². The molecule has 2 nitrogen and oxygen atoms in total. The molecule has 2 rings (SSSR count). The summed E-state index contributed by atoms with van der Waals surface area (Å²) in [5, 5.41) is 3.49. The van der Waals surface area contributed by atoms with E-state index in [-0.39, 0.29) is 12.4 Å². The monoisotopic (exact) mass is 314 g/mol. The molecule has 0 saturated carbocycles. The van der Waals surface area contributed by atoms with Crippen molar-refractivity contribution < 1.29 is 0 Å². The average Bonchev–Trinajstić information content (AvgIpc) is 2.73. The van der Waals surface area contributed by atoms with E-state index < -0.39 is 0 Å². The highest BCUT2D eigenvalue weighted by Gasteiger charge is 2.15. The second-order valence-electron chi connectivity index (χ2n) is 5.35. The van der Waals surface area contributed by atoms with Crippen molar-refractivity contribution in [2.24, 2.45) is 0 Å². The lowest BCUT2D eigenvalue weighted by molar-refractivity contribution is 0.237. The third kappa shape index (κ3) is 6.49. The fourth-order valence-corrected chi connectivity index (χ4v) is 3.59. The van der Waals surface area contributed by atoms with Crippen molar-refractivity contribution in [3.05, 3.63) is 35.9 Å². The Hall–Kier alpha value is -0.220. The Morgan fingerprint density at radius 3 is 2.80 bits per heavy atom. The Labute approximate surface area is 134 Å². The number of thioether (sulfide) groups is 1. The van der Waals surface area contributed by atoms with Gasteiger partial charge in [-0.3, -0.25) is 0 Å². The summed E-state index contributed by atoms with van der Waals surface area (Å²) < 4.78 is 0. The van der Waals surface area contributed by atoms with E-state index in [9.17, 15) is 0 Å². The molecule has 1 aliphatic rings. The Balaban J connectivity index is 0.00000200. The zero-order chi connectivity index (χ0) is 13.3. The lowest BCUT2D eigenvalue weighted by Gasteiger charge is -2.26. The summed E-state index contributed by atoms with van der Waals surface area (Å²) in [7, 11) is 2.29. The molecule has 1 aromatic carbocycles. The van der Waals surface area contributed by atoms with Gasteiger partial charge in [0.15, 0.2) is 0 Å². The highest BCUT2D eigenvalue weighted by atomic mass is 35.5. The van der Waals surface area contributed by atoms with Crippen LogP contribution in [0.2, 0.25) is 0 Å². The van der Waals surface area contributed by atoms with E-state index in [0.717, 1.165) is 11.8 Å². The summed E-state index contributed by atoms with van der Waals surface area (Å²) in [4.78, 5) is 2.56. The molecule has 1 saturated heterocycles. The molecular formula is C16H27ClN2S. The second-order valence-corrected chi connectivity index (χ2v) is 6.46. The van der Waals surface area contributed by atoms with Crippen molar-refractivity contribution in [3.63, 3.8) is 0 Å². The molecule has 1 heterocycles. The van der Waals surface area contributed by atoms with Gasteiger partial charge >= 0.3 is 0 Å². The first-order chi connectivity index (χ1) is 9.36. The SMILES string of the molecule is CN(CCSCc1ccccc1)C1CCCNCC1.Cl. The van der Waals surface area contributed by atoms with Gasteiger partial charge in [0.25, 0.3) is 0 Å². The van der Waals surface area contributed by atoms with Crippen LogP contribution in [0.5, 0.6) is 0 Å². The standard InChI is InChI=1S/C16H26N2S.ClH/c1-18(16-8-5-10-17-11-9-16)12-13-19-14-15-6-3-2-4-7-15;/h2-4,6-7,16-17H,5,8-14H2,1H3;1H. The van der Waals surface area contributed by atoms with E-state index in [1.165, 1.54) is 50.2 Å². The minimum Gasteiger partial charge on any atom is -0.317 e. The molecule has 0 aliphatic carbocycles. The summed E-state index contributed by atoms with van der Waals surface area (Å²) in [6, 6.07) is 11.6. The quantitative estimate of drug-likeness (QED) is 0.810. The van der Waals surface area contributed by atoms with Gasteiger partial charge < -0.3 is 10.2 Å². The molecule has 1 atom stereocenters. The van der Waals surface area contributed by atoms with Crippen LogP contribution >= 0.6 is 24.2 Å². The molecule has 4 heteroatoms. The molecule has 1 aromatic rings. The van der Waals surface area contributed by atoms with Crippen LogP contribution in [0.15, 0.2) is 30.3 Å². The van der Waals surface area contributed by atoms with Crippen LogP contribution in [-0.2, 0) is 5.75 Å². The van der Waals surface area contributed by atoms with Crippen LogP contribution < -0.4 is 5.32 Å². The average molecular weight is 315 g/mol. The van der Waals surface area contributed by atoms with Gasteiger partial charge in [0.1, 0.15) is 0 Å². The first kappa shape index (κ1) is 17.8. The van der Waals surface area contributed by atoms with E-state index in [1.807, 2.05) is 11.8 Å². The van der Waals surface area contributed by atoms with E-state index in [2.05, 4.69) is 47.6 Å². The molecule has 0 radical (unpaired) electrons. The molecule has 0 aromatic heterocycles. The van der Waals surface area contributed by atoms with Gasteiger partial charge in [-0.15, -0.1) is 12.4 Å². The third-order valence-electron chi connectivity index (χ3n) is 3.87. The minimum absolute atomic E-state index is 0. The predicted molar refractivity (Wildman–Crippen MR) is 93.0 cm³/mol. The van der Waals surface area contributed by atoms with Gasteiger partial charge in [-0.05, 0) is 45.0 Å². The van der Waals surface area contributed by atoms with Gasteiger partial charge in [-0.1, -0.05) is 30.3 Å². The van der Waals surface area contributed by atoms with Gasteiger partial charge in [0.2, 0.25) is 0 Å². The minimum atomic E-state index is 0. The summed E-state index contributed by atoms with van der Waals surface area (Å²) in [5.41, 5.74) is 1.44. The van der Waals surface area contributed by atoms with Crippen molar-refractivity contribution in [1.82, 2.24) is 10.2 Å². The highest BCUT2D eigenvalue weighted by molar-refractivity contribution is 7.98. The van der Waals surface area contributed by atoms with E-state index in [1.54, 1.807) is 0 Å². The number of halogens is 1. The summed E-state index contributed by atoms with van der Waals surface area (Å²) in [6.07, 6.45) is 3.98. The zero-order valence-corrected chi connectivity index (χ0v) is 14.0. The first-order valence-corrected chi connectivity index (χ1v) is 8.54. The van der Waals surface area contributed by atoms with Crippen molar-refractivity contribution in [2.45, 2.75) is 31.1 Å². The highest BCUT2D eigenvalue weighted by Crippen LogP contribution is 2.15. The molecule has 114 valence electrons. The van der Waals surface area contributed by atoms with Crippen molar-refractivity contribution in [2.75, 3.05) is 32.4 Å². The van der Waals surface area contributed by atoms with Gasteiger partial charge in [0, 0.05) is 24.1 Å². The maximum absolute atomic E-state index is 3.49. The maximum atomic E-state index is 3.49. The number of hydrogen-bond donors (Lipinski definition) is 1. The fraction of sp³-hybridized carbons (Fsp3) is 0.625. The Morgan fingerprint density at radius 1 is 1.20 bits per heavy atom. The van der Waals surface area contributed by atoms with Crippen LogP contribution in [0.4, 0.5) is 0 Å². The molecule has 1 fully saturated rings. The molecule has 0 amide bonds. The Bertz CT molecular complexity index is 340. The summed E-state index contributed by atoms with van der Waals surface area (Å²) in [6.45, 7) is 3.60. The topological polar surface area (TPSA) is 15.3 Å². The number of rotatable bonds is 6. The lowest BCUT2D eigenvalue weighted by Crippen LogP contribution is -2.34. The number of nitrogens with one attached hydrogen (secondary N) is 1. The molecule has 20 heavy (non-hydrogen) atoms. The molecule has 1 aliphatic heterocycles. The molecular weight excluding hydrogens is 288 g/mol. The van der Waals surface area contributed by atoms with Crippen LogP contribution in [0.3, 0.4) is 0 Å². The maximum Gasteiger partial charge on any atom is 0.0185 e. The Kier molecular flexibility index (Phi) is 9.36. The normalized spacial score (nSPS) is 19.4. The predicted octanol–water partition coefficient (Wildman–Crippen LogP) is 3.42. The van der Waals surface area contributed by atoms with Gasteiger partial charge in [-0.25, -0.2) is 0 Å². The van der Waals surface area contributed by atoms with E-state index in [0.29, 0.717) is 0 Å². The summed E-state index contributed by atoms with van der Waals surface area (Å²) >= 11 is 2.05. The van der Waals surface area contributed by atoms with Gasteiger partial charge in [-0.2, -0.15) is 11.8 Å². The Morgan fingerprint density at radius 2 is 2.00 bits per heavy atom.